The third kappa shape index (κ3) is 4.21. The summed E-state index contributed by atoms with van der Waals surface area (Å²) >= 11 is 0. The number of carbonyl (C=O) groups is 2. The summed E-state index contributed by atoms with van der Waals surface area (Å²) in [5.74, 6) is -0.397. The number of rotatable bonds is 6. The zero-order chi connectivity index (χ0) is 12.3. The van der Waals surface area contributed by atoms with E-state index in [1.807, 2.05) is 13.8 Å². The van der Waals surface area contributed by atoms with Gasteiger partial charge in [-0.3, -0.25) is 9.59 Å². The summed E-state index contributed by atoms with van der Waals surface area (Å²) in [4.78, 5) is 22.1. The van der Waals surface area contributed by atoms with Crippen LogP contribution in [0.2, 0.25) is 0 Å². The number of aliphatic carboxylic acids is 1. The van der Waals surface area contributed by atoms with Gasteiger partial charge in [-0.2, -0.15) is 0 Å². The van der Waals surface area contributed by atoms with E-state index < -0.39 is 5.97 Å². The van der Waals surface area contributed by atoms with Gasteiger partial charge in [0.1, 0.15) is 0 Å². The highest BCUT2D eigenvalue weighted by molar-refractivity contribution is 5.78. The van der Waals surface area contributed by atoms with Crippen LogP contribution in [0.15, 0.2) is 0 Å². The molecular formula is C12H21NO3. The molecular weight excluding hydrogens is 206 g/mol. The minimum Gasteiger partial charge on any atom is -0.481 e. The third-order valence-electron chi connectivity index (χ3n) is 3.12. The number of hydrogen-bond acceptors (Lipinski definition) is 2. The molecule has 1 unspecified atom stereocenters. The van der Waals surface area contributed by atoms with Crippen LogP contribution in [0.1, 0.15) is 46.5 Å². The number of carboxylic acid groups (broad SMARTS) is 1. The lowest BCUT2D eigenvalue weighted by atomic mass is 9.97. The van der Waals surface area contributed by atoms with E-state index in [9.17, 15) is 9.59 Å². The molecule has 0 bridgehead atoms. The summed E-state index contributed by atoms with van der Waals surface area (Å²) in [5.41, 5.74) is -0.139. The molecule has 0 radical (unpaired) electrons. The quantitative estimate of drug-likeness (QED) is 0.727. The average molecular weight is 227 g/mol. The Morgan fingerprint density at radius 1 is 1.38 bits per heavy atom. The van der Waals surface area contributed by atoms with Gasteiger partial charge in [-0.15, -0.1) is 0 Å². The van der Waals surface area contributed by atoms with E-state index in [4.69, 9.17) is 5.11 Å². The second-order valence-corrected chi connectivity index (χ2v) is 5.45. The molecule has 0 heterocycles. The van der Waals surface area contributed by atoms with Crippen LogP contribution in [-0.2, 0) is 9.59 Å². The molecule has 0 aromatic heterocycles. The summed E-state index contributed by atoms with van der Waals surface area (Å²) in [6.07, 6.45) is 2.70. The van der Waals surface area contributed by atoms with Gasteiger partial charge >= 0.3 is 5.97 Å². The topological polar surface area (TPSA) is 66.4 Å². The SMILES string of the molecule is CC(CC(=O)O)CC(=O)NC(C)(C)C1CC1. The Bertz CT molecular complexity index is 282. The monoisotopic (exact) mass is 227 g/mol. The van der Waals surface area contributed by atoms with Crippen molar-refractivity contribution in [1.29, 1.82) is 0 Å². The van der Waals surface area contributed by atoms with Crippen LogP contribution in [0.25, 0.3) is 0 Å². The van der Waals surface area contributed by atoms with E-state index in [0.29, 0.717) is 12.3 Å². The molecule has 1 aliphatic rings. The average Bonchev–Trinajstić information content (AvgIpc) is 2.80. The first-order valence-electron chi connectivity index (χ1n) is 5.84. The number of nitrogens with one attached hydrogen (secondary N) is 1. The van der Waals surface area contributed by atoms with Crippen molar-refractivity contribution < 1.29 is 14.7 Å². The molecule has 0 aliphatic heterocycles. The molecule has 1 aliphatic carbocycles. The Hall–Kier alpha value is -1.06. The van der Waals surface area contributed by atoms with Gasteiger partial charge in [0.15, 0.2) is 0 Å². The molecule has 0 saturated heterocycles. The minimum absolute atomic E-state index is 0.0364. The zero-order valence-corrected chi connectivity index (χ0v) is 10.2. The highest BCUT2D eigenvalue weighted by atomic mass is 16.4. The van der Waals surface area contributed by atoms with Gasteiger partial charge in [0, 0.05) is 18.4 Å². The van der Waals surface area contributed by atoms with E-state index in [1.54, 1.807) is 6.92 Å². The Balaban J connectivity index is 2.32. The lowest BCUT2D eigenvalue weighted by Gasteiger charge is -2.26. The number of carboxylic acids is 1. The molecule has 0 aromatic rings. The number of amides is 1. The second-order valence-electron chi connectivity index (χ2n) is 5.45. The lowest BCUT2D eigenvalue weighted by Crippen LogP contribution is -2.45. The molecule has 1 saturated carbocycles. The van der Waals surface area contributed by atoms with Crippen LogP contribution in [0.4, 0.5) is 0 Å². The molecule has 0 aromatic carbocycles. The first-order valence-corrected chi connectivity index (χ1v) is 5.84. The van der Waals surface area contributed by atoms with Crippen molar-refractivity contribution >= 4 is 11.9 Å². The first kappa shape index (κ1) is 13.0. The highest BCUT2D eigenvalue weighted by Gasteiger charge is 2.38. The van der Waals surface area contributed by atoms with Crippen molar-refractivity contribution in [3.63, 3.8) is 0 Å². The van der Waals surface area contributed by atoms with Crippen molar-refractivity contribution in [2.45, 2.75) is 52.0 Å². The number of carbonyl (C=O) groups excluding carboxylic acids is 1. The van der Waals surface area contributed by atoms with Gasteiger partial charge in [0.25, 0.3) is 0 Å². The van der Waals surface area contributed by atoms with Gasteiger partial charge in [0.05, 0.1) is 0 Å². The predicted octanol–water partition coefficient (Wildman–Crippen LogP) is 1.79. The molecule has 1 amide bonds. The Labute approximate surface area is 96.4 Å². The van der Waals surface area contributed by atoms with E-state index >= 15 is 0 Å². The fraction of sp³-hybridized carbons (Fsp3) is 0.833. The summed E-state index contributed by atoms with van der Waals surface area (Å²) in [6.45, 7) is 5.85. The summed E-state index contributed by atoms with van der Waals surface area (Å²) in [5, 5.41) is 11.6. The molecule has 1 rings (SSSR count). The fourth-order valence-corrected chi connectivity index (χ4v) is 2.00. The Kier molecular flexibility index (Phi) is 3.94. The van der Waals surface area contributed by atoms with Gasteiger partial charge in [-0.25, -0.2) is 0 Å². The molecule has 4 heteroatoms. The van der Waals surface area contributed by atoms with Crippen LogP contribution < -0.4 is 5.32 Å². The van der Waals surface area contributed by atoms with Crippen LogP contribution >= 0.6 is 0 Å². The van der Waals surface area contributed by atoms with E-state index in [0.717, 1.165) is 0 Å². The molecule has 1 fully saturated rings. The van der Waals surface area contributed by atoms with Crippen molar-refractivity contribution in [3.05, 3.63) is 0 Å². The highest BCUT2D eigenvalue weighted by Crippen LogP contribution is 2.39. The fourth-order valence-electron chi connectivity index (χ4n) is 2.00. The molecule has 0 spiro atoms. The largest absolute Gasteiger partial charge is 0.481 e. The third-order valence-corrected chi connectivity index (χ3v) is 3.12. The van der Waals surface area contributed by atoms with Gasteiger partial charge in [0.2, 0.25) is 5.91 Å². The summed E-state index contributed by atoms with van der Waals surface area (Å²) in [6, 6.07) is 0. The predicted molar refractivity (Wildman–Crippen MR) is 61.0 cm³/mol. The molecule has 16 heavy (non-hydrogen) atoms. The lowest BCUT2D eigenvalue weighted by molar-refractivity contribution is -0.138. The smallest absolute Gasteiger partial charge is 0.303 e. The van der Waals surface area contributed by atoms with Crippen LogP contribution in [-0.4, -0.2) is 22.5 Å². The van der Waals surface area contributed by atoms with E-state index in [1.165, 1.54) is 12.8 Å². The summed E-state index contributed by atoms with van der Waals surface area (Å²) < 4.78 is 0. The van der Waals surface area contributed by atoms with Crippen LogP contribution in [0, 0.1) is 11.8 Å². The maximum Gasteiger partial charge on any atom is 0.303 e. The van der Waals surface area contributed by atoms with Crippen molar-refractivity contribution in [2.24, 2.45) is 11.8 Å². The molecule has 92 valence electrons. The maximum absolute atomic E-state index is 11.7. The Morgan fingerprint density at radius 2 is 1.94 bits per heavy atom. The zero-order valence-electron chi connectivity index (χ0n) is 10.2. The molecule has 4 nitrogen and oxygen atoms in total. The van der Waals surface area contributed by atoms with Crippen molar-refractivity contribution in [3.8, 4) is 0 Å². The van der Waals surface area contributed by atoms with E-state index in [-0.39, 0.29) is 23.8 Å². The summed E-state index contributed by atoms with van der Waals surface area (Å²) in [7, 11) is 0. The van der Waals surface area contributed by atoms with Gasteiger partial charge in [-0.1, -0.05) is 6.92 Å². The van der Waals surface area contributed by atoms with Crippen molar-refractivity contribution in [2.75, 3.05) is 0 Å². The maximum atomic E-state index is 11.7. The van der Waals surface area contributed by atoms with Gasteiger partial charge in [-0.05, 0) is 38.5 Å². The normalized spacial score (nSPS) is 17.9. The molecule has 1 atom stereocenters. The van der Waals surface area contributed by atoms with Crippen LogP contribution in [0.5, 0.6) is 0 Å². The van der Waals surface area contributed by atoms with E-state index in [2.05, 4.69) is 5.32 Å². The van der Waals surface area contributed by atoms with Gasteiger partial charge < -0.3 is 10.4 Å². The first-order chi connectivity index (χ1) is 7.31. The Morgan fingerprint density at radius 3 is 2.38 bits per heavy atom. The molecule has 2 N–H and O–H groups in total. The second kappa shape index (κ2) is 4.85. The number of hydrogen-bond donors (Lipinski definition) is 2. The standard InChI is InChI=1S/C12H21NO3/c1-8(7-11(15)16)6-10(14)13-12(2,3)9-4-5-9/h8-9H,4-7H2,1-3H3,(H,13,14)(H,15,16). The van der Waals surface area contributed by atoms with Crippen LogP contribution in [0.3, 0.4) is 0 Å². The minimum atomic E-state index is -0.846. The van der Waals surface area contributed by atoms with Crippen molar-refractivity contribution in [1.82, 2.24) is 5.32 Å².